The van der Waals surface area contributed by atoms with Crippen LogP contribution in [0.4, 0.5) is 5.95 Å². The lowest BCUT2D eigenvalue weighted by Crippen LogP contribution is -2.36. The van der Waals surface area contributed by atoms with Gasteiger partial charge in [0.05, 0.1) is 5.69 Å². The zero-order valence-corrected chi connectivity index (χ0v) is 12.4. The summed E-state index contributed by atoms with van der Waals surface area (Å²) in [5.74, 6) is 0.985. The molecule has 17 heavy (non-hydrogen) atoms. The van der Waals surface area contributed by atoms with Gasteiger partial charge in [-0.1, -0.05) is 20.8 Å². The first-order chi connectivity index (χ1) is 7.63. The summed E-state index contributed by atoms with van der Waals surface area (Å²) in [6.07, 6.45) is 3.20. The molecule has 0 aliphatic carbocycles. The number of imidazole rings is 1. The van der Waals surface area contributed by atoms with E-state index in [9.17, 15) is 0 Å². The van der Waals surface area contributed by atoms with Crippen molar-refractivity contribution in [3.8, 4) is 0 Å². The highest BCUT2D eigenvalue weighted by molar-refractivity contribution is 5.32. The second-order valence-electron chi connectivity index (χ2n) is 6.74. The quantitative estimate of drug-likeness (QED) is 0.862. The van der Waals surface area contributed by atoms with Crippen LogP contribution in [0.2, 0.25) is 0 Å². The topological polar surface area (TPSA) is 29.9 Å². The summed E-state index contributed by atoms with van der Waals surface area (Å²) >= 11 is 0. The highest BCUT2D eigenvalue weighted by Crippen LogP contribution is 2.29. The molecule has 0 atom stereocenters. The maximum absolute atomic E-state index is 4.55. The highest BCUT2D eigenvalue weighted by Gasteiger charge is 2.26. The Morgan fingerprint density at radius 3 is 2.29 bits per heavy atom. The number of hydrogen-bond donors (Lipinski definition) is 1. The second-order valence-corrected chi connectivity index (χ2v) is 6.74. The van der Waals surface area contributed by atoms with E-state index < -0.39 is 0 Å². The average Bonchev–Trinajstić information content (AvgIpc) is 2.40. The van der Waals surface area contributed by atoms with Crippen LogP contribution >= 0.6 is 0 Å². The summed E-state index contributed by atoms with van der Waals surface area (Å²) < 4.78 is 2.17. The lowest BCUT2D eigenvalue weighted by molar-refractivity contribution is 0.301. The fourth-order valence-corrected chi connectivity index (χ4v) is 2.56. The Labute approximate surface area is 106 Å². The monoisotopic (exact) mass is 237 g/mol. The van der Waals surface area contributed by atoms with Crippen LogP contribution in [0.25, 0.3) is 0 Å². The van der Waals surface area contributed by atoms with Gasteiger partial charge in [-0.05, 0) is 39.5 Å². The third-order valence-electron chi connectivity index (χ3n) is 2.66. The lowest BCUT2D eigenvalue weighted by Gasteiger charge is -2.33. The zero-order valence-electron chi connectivity index (χ0n) is 12.4. The van der Waals surface area contributed by atoms with E-state index in [4.69, 9.17) is 0 Å². The molecule has 1 aromatic rings. The Bertz CT molecular complexity index is 369. The summed E-state index contributed by atoms with van der Waals surface area (Å²) in [4.78, 5) is 4.55. The molecule has 3 heteroatoms. The van der Waals surface area contributed by atoms with Crippen molar-refractivity contribution in [2.24, 2.45) is 5.41 Å². The molecule has 1 N–H and O–H groups in total. The van der Waals surface area contributed by atoms with Crippen molar-refractivity contribution in [3.63, 3.8) is 0 Å². The van der Waals surface area contributed by atoms with E-state index in [1.54, 1.807) is 0 Å². The summed E-state index contributed by atoms with van der Waals surface area (Å²) in [6.45, 7) is 16.4. The van der Waals surface area contributed by atoms with Crippen LogP contribution in [0.5, 0.6) is 0 Å². The van der Waals surface area contributed by atoms with Gasteiger partial charge in [0, 0.05) is 18.3 Å². The van der Waals surface area contributed by atoms with Crippen LogP contribution in [0.3, 0.4) is 0 Å². The highest BCUT2D eigenvalue weighted by atomic mass is 15.2. The molecule has 0 saturated carbocycles. The minimum absolute atomic E-state index is 0.0585. The number of rotatable bonds is 4. The van der Waals surface area contributed by atoms with Gasteiger partial charge in [0.1, 0.15) is 0 Å². The standard InChI is InChI=1S/C14H27N3/c1-8-17-9-11(2)15-12(17)16-14(6,7)10-13(3,4)5/h9H,8,10H2,1-7H3,(H,15,16). The molecular weight excluding hydrogens is 210 g/mol. The van der Waals surface area contributed by atoms with Gasteiger partial charge >= 0.3 is 0 Å². The number of hydrogen-bond acceptors (Lipinski definition) is 2. The average molecular weight is 237 g/mol. The molecule has 1 aromatic heterocycles. The minimum atomic E-state index is 0.0585. The first-order valence-corrected chi connectivity index (χ1v) is 6.45. The molecule has 1 heterocycles. The minimum Gasteiger partial charge on any atom is -0.351 e. The maximum Gasteiger partial charge on any atom is 0.203 e. The van der Waals surface area contributed by atoms with E-state index in [1.165, 1.54) is 0 Å². The molecule has 0 fully saturated rings. The van der Waals surface area contributed by atoms with E-state index >= 15 is 0 Å². The SMILES string of the molecule is CCn1cc(C)nc1NC(C)(C)CC(C)(C)C. The molecule has 0 saturated heterocycles. The van der Waals surface area contributed by atoms with Crippen molar-refractivity contribution < 1.29 is 0 Å². The smallest absolute Gasteiger partial charge is 0.203 e. The molecule has 0 spiro atoms. The largest absolute Gasteiger partial charge is 0.351 e. The fraction of sp³-hybridized carbons (Fsp3) is 0.786. The maximum atomic E-state index is 4.55. The lowest BCUT2D eigenvalue weighted by atomic mass is 9.82. The molecule has 0 aliphatic rings. The Morgan fingerprint density at radius 2 is 1.82 bits per heavy atom. The Hall–Kier alpha value is -0.990. The van der Waals surface area contributed by atoms with Crippen molar-refractivity contribution in [3.05, 3.63) is 11.9 Å². The summed E-state index contributed by atoms with van der Waals surface area (Å²) in [6, 6.07) is 0. The Balaban J connectivity index is 2.82. The van der Waals surface area contributed by atoms with Crippen molar-refractivity contribution >= 4 is 5.95 Å². The van der Waals surface area contributed by atoms with Crippen LogP contribution in [0, 0.1) is 12.3 Å². The van der Waals surface area contributed by atoms with E-state index in [2.05, 4.69) is 62.6 Å². The molecule has 1 rings (SSSR count). The molecule has 0 aromatic carbocycles. The van der Waals surface area contributed by atoms with E-state index in [-0.39, 0.29) is 5.54 Å². The zero-order chi connectivity index (χ0) is 13.3. The first-order valence-electron chi connectivity index (χ1n) is 6.45. The van der Waals surface area contributed by atoms with Gasteiger partial charge in [0.15, 0.2) is 0 Å². The Morgan fingerprint density at radius 1 is 1.24 bits per heavy atom. The number of aryl methyl sites for hydroxylation is 2. The van der Waals surface area contributed by atoms with Gasteiger partial charge < -0.3 is 9.88 Å². The fourth-order valence-electron chi connectivity index (χ4n) is 2.56. The van der Waals surface area contributed by atoms with E-state index in [0.29, 0.717) is 5.41 Å². The molecule has 0 unspecified atom stereocenters. The number of aromatic nitrogens is 2. The van der Waals surface area contributed by atoms with E-state index in [0.717, 1.165) is 24.6 Å². The molecule has 0 aliphatic heterocycles. The summed E-state index contributed by atoms with van der Waals surface area (Å²) in [5.41, 5.74) is 1.44. The van der Waals surface area contributed by atoms with Gasteiger partial charge in [-0.15, -0.1) is 0 Å². The second kappa shape index (κ2) is 4.71. The van der Waals surface area contributed by atoms with Crippen LogP contribution < -0.4 is 5.32 Å². The molecule has 0 amide bonds. The third-order valence-corrected chi connectivity index (χ3v) is 2.66. The van der Waals surface area contributed by atoms with Crippen LogP contribution in [-0.2, 0) is 6.54 Å². The van der Waals surface area contributed by atoms with Crippen molar-refractivity contribution in [2.45, 2.75) is 67.0 Å². The molecule has 0 radical (unpaired) electrons. The molecule has 0 bridgehead atoms. The van der Waals surface area contributed by atoms with Crippen molar-refractivity contribution in [1.29, 1.82) is 0 Å². The van der Waals surface area contributed by atoms with Crippen LogP contribution in [0.1, 0.15) is 53.7 Å². The van der Waals surface area contributed by atoms with Crippen molar-refractivity contribution in [2.75, 3.05) is 5.32 Å². The summed E-state index contributed by atoms with van der Waals surface area (Å²) in [5, 5.41) is 3.57. The number of anilines is 1. The number of nitrogens with one attached hydrogen (secondary N) is 1. The molecule has 98 valence electrons. The van der Waals surface area contributed by atoms with E-state index in [1.807, 2.05) is 6.92 Å². The molecule has 3 nitrogen and oxygen atoms in total. The van der Waals surface area contributed by atoms with Gasteiger partial charge in [0.25, 0.3) is 0 Å². The van der Waals surface area contributed by atoms with Gasteiger partial charge in [-0.3, -0.25) is 0 Å². The predicted molar refractivity (Wildman–Crippen MR) is 74.4 cm³/mol. The Kier molecular flexibility index (Phi) is 3.90. The molecular formula is C14H27N3. The van der Waals surface area contributed by atoms with Gasteiger partial charge in [-0.2, -0.15) is 0 Å². The number of nitrogens with zero attached hydrogens (tertiary/aromatic N) is 2. The first kappa shape index (κ1) is 14.1. The third kappa shape index (κ3) is 4.41. The summed E-state index contributed by atoms with van der Waals surface area (Å²) in [7, 11) is 0. The van der Waals surface area contributed by atoms with Gasteiger partial charge in [-0.25, -0.2) is 4.98 Å². The van der Waals surface area contributed by atoms with Crippen LogP contribution in [-0.4, -0.2) is 15.1 Å². The normalized spacial score (nSPS) is 12.9. The van der Waals surface area contributed by atoms with Crippen LogP contribution in [0.15, 0.2) is 6.20 Å². The van der Waals surface area contributed by atoms with Crippen molar-refractivity contribution in [1.82, 2.24) is 9.55 Å². The van der Waals surface area contributed by atoms with Gasteiger partial charge in [0.2, 0.25) is 5.95 Å². The predicted octanol–water partition coefficient (Wildman–Crippen LogP) is 3.84.